The minimum atomic E-state index is -0.196. The molecule has 1 saturated heterocycles. The van der Waals surface area contributed by atoms with Crippen LogP contribution in [0.15, 0.2) is 0 Å². The van der Waals surface area contributed by atoms with E-state index in [-0.39, 0.29) is 24.0 Å². The van der Waals surface area contributed by atoms with Gasteiger partial charge in [0.1, 0.15) is 0 Å². The number of esters is 1. The van der Waals surface area contributed by atoms with Gasteiger partial charge in [-0.1, -0.05) is 0 Å². The van der Waals surface area contributed by atoms with Crippen molar-refractivity contribution in [2.24, 2.45) is 0 Å². The summed E-state index contributed by atoms with van der Waals surface area (Å²) in [4.78, 5) is 24.2. The molecule has 1 atom stereocenters. The van der Waals surface area contributed by atoms with Crippen LogP contribution < -0.4 is 5.32 Å². The van der Waals surface area contributed by atoms with Crippen molar-refractivity contribution in [1.29, 1.82) is 0 Å². The Labute approximate surface area is 96.1 Å². The van der Waals surface area contributed by atoms with Crippen LogP contribution in [0.2, 0.25) is 0 Å². The van der Waals surface area contributed by atoms with E-state index in [1.807, 2.05) is 18.7 Å². The van der Waals surface area contributed by atoms with E-state index in [1.54, 1.807) is 0 Å². The Morgan fingerprint density at radius 1 is 1.50 bits per heavy atom. The Balaban J connectivity index is 2.25. The largest absolute Gasteiger partial charge is 0.462 e. The van der Waals surface area contributed by atoms with Crippen LogP contribution in [-0.2, 0) is 14.3 Å². The second-order valence-corrected chi connectivity index (χ2v) is 4.46. The smallest absolute Gasteiger partial charge is 0.320 e. The summed E-state index contributed by atoms with van der Waals surface area (Å²) in [5.74, 6) is -0.213. The quantitative estimate of drug-likeness (QED) is 0.696. The van der Waals surface area contributed by atoms with Gasteiger partial charge in [0, 0.05) is 26.1 Å². The van der Waals surface area contributed by atoms with Crippen molar-refractivity contribution >= 4 is 11.9 Å². The summed E-state index contributed by atoms with van der Waals surface area (Å²) >= 11 is 0. The Bertz CT molecular complexity index is 266. The van der Waals surface area contributed by atoms with Gasteiger partial charge in [0.25, 0.3) is 0 Å². The van der Waals surface area contributed by atoms with Crippen LogP contribution in [0.5, 0.6) is 0 Å². The van der Waals surface area contributed by atoms with Gasteiger partial charge in [-0.3, -0.25) is 14.5 Å². The number of hydrogen-bond acceptors (Lipinski definition) is 4. The molecule has 92 valence electrons. The minimum absolute atomic E-state index is 0.0170. The van der Waals surface area contributed by atoms with Gasteiger partial charge < -0.3 is 10.1 Å². The molecule has 1 amide bonds. The van der Waals surface area contributed by atoms with Crippen molar-refractivity contribution in [3.63, 3.8) is 0 Å². The molecule has 1 rings (SSSR count). The predicted octanol–water partition coefficient (Wildman–Crippen LogP) is 0.148. The average molecular weight is 228 g/mol. The van der Waals surface area contributed by atoms with Crippen molar-refractivity contribution in [3.05, 3.63) is 0 Å². The van der Waals surface area contributed by atoms with Gasteiger partial charge in [0.05, 0.1) is 12.6 Å². The first-order valence-corrected chi connectivity index (χ1v) is 5.66. The lowest BCUT2D eigenvalue weighted by molar-refractivity contribution is -0.148. The van der Waals surface area contributed by atoms with Crippen LogP contribution in [0.3, 0.4) is 0 Å². The summed E-state index contributed by atoms with van der Waals surface area (Å²) in [6.07, 6.45) is 0.829. The maximum absolute atomic E-state index is 11.4. The lowest BCUT2D eigenvalue weighted by Gasteiger charge is -2.16. The zero-order valence-corrected chi connectivity index (χ0v) is 10.2. The Kier molecular flexibility index (Phi) is 4.73. The molecule has 0 spiro atoms. The van der Waals surface area contributed by atoms with Gasteiger partial charge >= 0.3 is 5.97 Å². The van der Waals surface area contributed by atoms with E-state index >= 15 is 0 Å². The highest BCUT2D eigenvalue weighted by atomic mass is 16.5. The fourth-order valence-corrected chi connectivity index (χ4v) is 1.86. The van der Waals surface area contributed by atoms with Crippen molar-refractivity contribution in [1.82, 2.24) is 10.2 Å². The molecule has 0 saturated carbocycles. The van der Waals surface area contributed by atoms with Gasteiger partial charge in [-0.25, -0.2) is 0 Å². The van der Waals surface area contributed by atoms with Gasteiger partial charge in [-0.15, -0.1) is 0 Å². The fraction of sp³-hybridized carbons (Fsp3) is 0.818. The number of hydrogen-bond donors (Lipinski definition) is 1. The molecule has 0 aliphatic carbocycles. The van der Waals surface area contributed by atoms with Crippen molar-refractivity contribution < 1.29 is 14.3 Å². The summed E-state index contributed by atoms with van der Waals surface area (Å²) in [7, 11) is 0. The number of rotatable bonds is 4. The highest BCUT2D eigenvalue weighted by Crippen LogP contribution is 2.09. The van der Waals surface area contributed by atoms with Crippen LogP contribution in [0, 0.1) is 0 Å². The van der Waals surface area contributed by atoms with E-state index in [0.29, 0.717) is 6.54 Å². The maximum Gasteiger partial charge on any atom is 0.320 e. The standard InChI is InChI=1S/C11H20N2O3/c1-8(2)16-11(15)7-13-5-4-10(6-13)12-9(3)14/h8,10H,4-7H2,1-3H3,(H,12,14). The molecule has 1 heterocycles. The number of ether oxygens (including phenoxy) is 1. The lowest BCUT2D eigenvalue weighted by Crippen LogP contribution is -2.37. The highest BCUT2D eigenvalue weighted by Gasteiger charge is 2.24. The van der Waals surface area contributed by atoms with E-state index in [9.17, 15) is 9.59 Å². The molecule has 0 radical (unpaired) electrons. The first-order valence-electron chi connectivity index (χ1n) is 5.66. The van der Waals surface area contributed by atoms with Crippen LogP contribution in [0.1, 0.15) is 27.2 Å². The number of nitrogens with one attached hydrogen (secondary N) is 1. The molecule has 1 fully saturated rings. The van der Waals surface area contributed by atoms with Gasteiger partial charge in [0.15, 0.2) is 0 Å². The van der Waals surface area contributed by atoms with E-state index in [4.69, 9.17) is 4.74 Å². The molecule has 0 aromatic heterocycles. The van der Waals surface area contributed by atoms with Crippen molar-refractivity contribution in [2.45, 2.75) is 39.3 Å². The Hall–Kier alpha value is -1.10. The topological polar surface area (TPSA) is 58.6 Å². The van der Waals surface area contributed by atoms with Crippen LogP contribution in [0.25, 0.3) is 0 Å². The van der Waals surface area contributed by atoms with Gasteiger partial charge in [-0.2, -0.15) is 0 Å². The van der Waals surface area contributed by atoms with E-state index in [0.717, 1.165) is 19.5 Å². The monoisotopic (exact) mass is 228 g/mol. The number of amides is 1. The molecule has 1 aliphatic heterocycles. The maximum atomic E-state index is 11.4. The predicted molar refractivity (Wildman–Crippen MR) is 59.9 cm³/mol. The lowest BCUT2D eigenvalue weighted by atomic mass is 10.3. The molecule has 0 aromatic rings. The van der Waals surface area contributed by atoms with Gasteiger partial charge in [0.2, 0.25) is 5.91 Å². The summed E-state index contributed by atoms with van der Waals surface area (Å²) in [6.45, 7) is 7.05. The summed E-state index contributed by atoms with van der Waals surface area (Å²) in [5.41, 5.74) is 0. The molecule has 0 aromatic carbocycles. The molecule has 1 aliphatic rings. The summed E-state index contributed by atoms with van der Waals surface area (Å²) in [5, 5.41) is 2.85. The SMILES string of the molecule is CC(=O)NC1CCN(CC(=O)OC(C)C)C1. The van der Waals surface area contributed by atoms with E-state index in [1.165, 1.54) is 6.92 Å². The fourth-order valence-electron chi connectivity index (χ4n) is 1.86. The number of carbonyl (C=O) groups excluding carboxylic acids is 2. The van der Waals surface area contributed by atoms with Crippen molar-refractivity contribution in [3.8, 4) is 0 Å². The molecule has 5 heteroatoms. The summed E-state index contributed by atoms with van der Waals surface area (Å²) < 4.78 is 5.06. The summed E-state index contributed by atoms with van der Waals surface area (Å²) in [6, 6.07) is 0.171. The average Bonchev–Trinajstić information content (AvgIpc) is 2.49. The zero-order valence-electron chi connectivity index (χ0n) is 10.2. The van der Waals surface area contributed by atoms with E-state index < -0.39 is 0 Å². The minimum Gasteiger partial charge on any atom is -0.462 e. The number of carbonyl (C=O) groups is 2. The first-order chi connectivity index (χ1) is 7.47. The molecule has 5 nitrogen and oxygen atoms in total. The van der Waals surface area contributed by atoms with Crippen molar-refractivity contribution in [2.75, 3.05) is 19.6 Å². The third-order valence-corrected chi connectivity index (χ3v) is 2.40. The molecule has 1 unspecified atom stereocenters. The Morgan fingerprint density at radius 3 is 2.75 bits per heavy atom. The first kappa shape index (κ1) is 13.0. The zero-order chi connectivity index (χ0) is 12.1. The molecule has 16 heavy (non-hydrogen) atoms. The second kappa shape index (κ2) is 5.84. The van der Waals surface area contributed by atoms with E-state index in [2.05, 4.69) is 5.32 Å². The van der Waals surface area contributed by atoms with Crippen LogP contribution >= 0.6 is 0 Å². The second-order valence-electron chi connectivity index (χ2n) is 4.46. The molecule has 0 bridgehead atoms. The third-order valence-electron chi connectivity index (χ3n) is 2.40. The molecule has 1 N–H and O–H groups in total. The Morgan fingerprint density at radius 2 is 2.19 bits per heavy atom. The highest BCUT2D eigenvalue weighted by molar-refractivity contribution is 5.73. The molecular formula is C11H20N2O3. The van der Waals surface area contributed by atoms with Gasteiger partial charge in [-0.05, 0) is 20.3 Å². The number of nitrogens with zero attached hydrogens (tertiary/aromatic N) is 1. The normalized spacial score (nSPS) is 21.1. The number of likely N-dealkylation sites (tertiary alicyclic amines) is 1. The van der Waals surface area contributed by atoms with Crippen LogP contribution in [0.4, 0.5) is 0 Å². The molecular weight excluding hydrogens is 208 g/mol. The third kappa shape index (κ3) is 4.61. The van der Waals surface area contributed by atoms with Crippen LogP contribution in [-0.4, -0.2) is 48.6 Å².